The number of piperidine rings is 1. The lowest BCUT2D eigenvalue weighted by molar-refractivity contribution is -0.125. The van der Waals surface area contributed by atoms with Crippen molar-refractivity contribution in [3.8, 4) is 22.8 Å². The number of rotatable bonds is 7. The van der Waals surface area contributed by atoms with Crippen LogP contribution in [-0.4, -0.2) is 45.7 Å². The first-order valence-corrected chi connectivity index (χ1v) is 11.5. The van der Waals surface area contributed by atoms with Crippen molar-refractivity contribution in [2.24, 2.45) is 5.92 Å². The van der Waals surface area contributed by atoms with Gasteiger partial charge in [-0.15, -0.1) is 0 Å². The highest BCUT2D eigenvalue weighted by Crippen LogP contribution is 2.31. The average molecular weight is 455 g/mol. The van der Waals surface area contributed by atoms with Gasteiger partial charge in [0.1, 0.15) is 5.82 Å². The molecule has 3 aromatic heterocycles. The number of carbonyl (C=O) groups is 1. The van der Waals surface area contributed by atoms with Gasteiger partial charge in [0.25, 0.3) is 5.89 Å². The monoisotopic (exact) mass is 454 g/mol. The van der Waals surface area contributed by atoms with Crippen LogP contribution in [0.2, 0.25) is 0 Å². The van der Waals surface area contributed by atoms with Gasteiger partial charge in [0, 0.05) is 55.6 Å². The molecule has 5 rings (SSSR count). The Hall–Kier alpha value is -4.07. The van der Waals surface area contributed by atoms with Crippen LogP contribution in [0, 0.1) is 5.92 Å². The number of carbonyl (C=O) groups excluding carboxylic acids is 1. The second-order valence-corrected chi connectivity index (χ2v) is 8.29. The van der Waals surface area contributed by atoms with Gasteiger partial charge in [-0.05, 0) is 37.1 Å². The SMILES string of the molecule is O=C(NCCc1ccccn1)C1CCN(c2ncccc2-c2nc(-c3ccccc3)no2)CC1. The lowest BCUT2D eigenvalue weighted by Gasteiger charge is -2.32. The summed E-state index contributed by atoms with van der Waals surface area (Å²) in [5, 5.41) is 7.21. The van der Waals surface area contributed by atoms with Crippen molar-refractivity contribution in [1.29, 1.82) is 0 Å². The zero-order chi connectivity index (χ0) is 23.2. The summed E-state index contributed by atoms with van der Waals surface area (Å²) in [5.74, 6) is 1.91. The van der Waals surface area contributed by atoms with Crippen LogP contribution in [0.15, 0.2) is 77.6 Å². The van der Waals surface area contributed by atoms with Gasteiger partial charge in [-0.25, -0.2) is 4.98 Å². The molecule has 0 unspecified atom stereocenters. The summed E-state index contributed by atoms with van der Waals surface area (Å²) in [7, 11) is 0. The second kappa shape index (κ2) is 10.2. The van der Waals surface area contributed by atoms with Crippen molar-refractivity contribution in [1.82, 2.24) is 25.4 Å². The topological polar surface area (TPSA) is 97.0 Å². The number of pyridine rings is 2. The quantitative estimate of drug-likeness (QED) is 0.454. The molecular weight excluding hydrogens is 428 g/mol. The summed E-state index contributed by atoms with van der Waals surface area (Å²) in [6, 6.07) is 19.4. The van der Waals surface area contributed by atoms with Crippen LogP contribution < -0.4 is 10.2 Å². The predicted octanol–water partition coefficient (Wildman–Crippen LogP) is 3.77. The number of aromatic nitrogens is 4. The number of anilines is 1. The molecule has 172 valence electrons. The molecule has 1 N–H and O–H groups in total. The van der Waals surface area contributed by atoms with Crippen molar-refractivity contribution < 1.29 is 9.32 Å². The summed E-state index contributed by atoms with van der Waals surface area (Å²) in [6.45, 7) is 2.07. The smallest absolute Gasteiger partial charge is 0.261 e. The fraction of sp³-hybridized carbons (Fsp3) is 0.269. The Balaban J connectivity index is 1.20. The number of amides is 1. The van der Waals surface area contributed by atoms with Gasteiger partial charge in [-0.3, -0.25) is 9.78 Å². The molecule has 0 saturated carbocycles. The Morgan fingerprint density at radius 3 is 2.56 bits per heavy atom. The average Bonchev–Trinajstić information content (AvgIpc) is 3.40. The van der Waals surface area contributed by atoms with E-state index in [1.54, 1.807) is 12.4 Å². The number of nitrogens with one attached hydrogen (secondary N) is 1. The van der Waals surface area contributed by atoms with Gasteiger partial charge in [0.05, 0.1) is 5.56 Å². The van der Waals surface area contributed by atoms with E-state index in [9.17, 15) is 4.79 Å². The van der Waals surface area contributed by atoms with Gasteiger partial charge in [-0.2, -0.15) is 4.98 Å². The lowest BCUT2D eigenvalue weighted by atomic mass is 9.95. The first kappa shape index (κ1) is 21.8. The van der Waals surface area contributed by atoms with Gasteiger partial charge in [-0.1, -0.05) is 41.6 Å². The summed E-state index contributed by atoms with van der Waals surface area (Å²) in [5.41, 5.74) is 2.69. The van der Waals surface area contributed by atoms with Crippen molar-refractivity contribution in [2.75, 3.05) is 24.5 Å². The Morgan fingerprint density at radius 2 is 1.76 bits per heavy atom. The predicted molar refractivity (Wildman–Crippen MR) is 129 cm³/mol. The molecule has 0 aliphatic carbocycles. The Morgan fingerprint density at radius 1 is 0.971 bits per heavy atom. The minimum atomic E-state index is 0.000215. The standard InChI is InChI=1S/C26H26N6O2/c33-25(29-16-11-21-9-4-5-14-27-21)20-12-17-32(18-13-20)24-22(10-6-15-28-24)26-30-23(31-34-26)19-7-2-1-3-8-19/h1-10,14-15,20H,11-13,16-18H2,(H,29,33). The molecule has 1 saturated heterocycles. The summed E-state index contributed by atoms with van der Waals surface area (Å²) in [4.78, 5) is 28.4. The first-order valence-electron chi connectivity index (χ1n) is 11.5. The highest BCUT2D eigenvalue weighted by molar-refractivity contribution is 5.79. The van der Waals surface area contributed by atoms with Crippen molar-refractivity contribution in [2.45, 2.75) is 19.3 Å². The summed E-state index contributed by atoms with van der Waals surface area (Å²) >= 11 is 0. The molecule has 1 amide bonds. The van der Waals surface area contributed by atoms with Crippen LogP contribution in [0.5, 0.6) is 0 Å². The van der Waals surface area contributed by atoms with E-state index < -0.39 is 0 Å². The van der Waals surface area contributed by atoms with E-state index in [2.05, 4.69) is 30.3 Å². The van der Waals surface area contributed by atoms with E-state index in [0.717, 1.165) is 55.0 Å². The summed E-state index contributed by atoms with van der Waals surface area (Å²) in [6.07, 6.45) is 5.81. The minimum absolute atomic E-state index is 0.000215. The lowest BCUT2D eigenvalue weighted by Crippen LogP contribution is -2.41. The van der Waals surface area contributed by atoms with E-state index in [1.807, 2.05) is 60.7 Å². The Kier molecular flexibility index (Phi) is 6.56. The van der Waals surface area contributed by atoms with Gasteiger partial charge < -0.3 is 14.7 Å². The van der Waals surface area contributed by atoms with Crippen LogP contribution in [0.3, 0.4) is 0 Å². The molecule has 34 heavy (non-hydrogen) atoms. The molecule has 8 heteroatoms. The summed E-state index contributed by atoms with van der Waals surface area (Å²) < 4.78 is 5.58. The zero-order valence-electron chi connectivity index (χ0n) is 18.8. The van der Waals surface area contributed by atoms with E-state index in [1.165, 1.54) is 0 Å². The normalized spacial score (nSPS) is 14.2. The van der Waals surface area contributed by atoms with Crippen molar-refractivity contribution in [3.63, 3.8) is 0 Å². The van der Waals surface area contributed by atoms with Crippen LogP contribution in [0.25, 0.3) is 22.8 Å². The van der Waals surface area contributed by atoms with Gasteiger partial charge >= 0.3 is 0 Å². The third-order valence-corrected chi connectivity index (χ3v) is 6.05. The molecule has 0 bridgehead atoms. The molecule has 1 aliphatic heterocycles. The molecule has 0 radical (unpaired) electrons. The molecular formula is C26H26N6O2. The molecule has 4 aromatic rings. The fourth-order valence-corrected chi connectivity index (χ4v) is 4.21. The van der Waals surface area contributed by atoms with Crippen LogP contribution in [0.4, 0.5) is 5.82 Å². The first-order chi connectivity index (χ1) is 16.8. The fourth-order valence-electron chi connectivity index (χ4n) is 4.21. The highest BCUT2D eigenvalue weighted by atomic mass is 16.5. The Labute approximate surface area is 198 Å². The molecule has 1 fully saturated rings. The van der Waals surface area contributed by atoms with Crippen LogP contribution >= 0.6 is 0 Å². The van der Waals surface area contributed by atoms with Crippen LogP contribution in [0.1, 0.15) is 18.5 Å². The van der Waals surface area contributed by atoms with E-state index in [-0.39, 0.29) is 11.8 Å². The number of hydrogen-bond acceptors (Lipinski definition) is 7. The third-order valence-electron chi connectivity index (χ3n) is 6.05. The molecule has 0 spiro atoms. The van der Waals surface area contributed by atoms with Gasteiger partial charge in [0.15, 0.2) is 0 Å². The highest BCUT2D eigenvalue weighted by Gasteiger charge is 2.27. The van der Waals surface area contributed by atoms with Crippen LogP contribution in [-0.2, 0) is 11.2 Å². The maximum absolute atomic E-state index is 12.7. The van der Waals surface area contributed by atoms with Crippen molar-refractivity contribution in [3.05, 3.63) is 78.8 Å². The third kappa shape index (κ3) is 4.96. The zero-order valence-corrected chi connectivity index (χ0v) is 18.8. The van der Waals surface area contributed by atoms with E-state index >= 15 is 0 Å². The molecule has 1 aliphatic rings. The maximum Gasteiger partial charge on any atom is 0.261 e. The molecule has 4 heterocycles. The molecule has 1 aromatic carbocycles. The molecule has 0 atom stereocenters. The maximum atomic E-state index is 12.7. The van der Waals surface area contributed by atoms with Gasteiger partial charge in [0.2, 0.25) is 11.7 Å². The van der Waals surface area contributed by atoms with E-state index in [4.69, 9.17) is 4.52 Å². The van der Waals surface area contributed by atoms with Crippen molar-refractivity contribution >= 4 is 11.7 Å². The minimum Gasteiger partial charge on any atom is -0.356 e. The Bertz CT molecular complexity index is 1220. The number of benzene rings is 1. The number of nitrogens with zero attached hydrogens (tertiary/aromatic N) is 5. The molecule has 8 nitrogen and oxygen atoms in total. The van der Waals surface area contributed by atoms with E-state index in [0.29, 0.717) is 18.3 Å². The largest absolute Gasteiger partial charge is 0.356 e. The number of hydrogen-bond donors (Lipinski definition) is 1. The second-order valence-electron chi connectivity index (χ2n) is 8.29.